The predicted octanol–water partition coefficient (Wildman–Crippen LogP) is 3.71. The third kappa shape index (κ3) is 3.61. The Morgan fingerprint density at radius 3 is 2.70 bits per heavy atom. The second kappa shape index (κ2) is 6.57. The molecule has 20 heavy (non-hydrogen) atoms. The second-order valence-electron chi connectivity index (χ2n) is 4.97. The van der Waals surface area contributed by atoms with Gasteiger partial charge in [0.2, 0.25) is 0 Å². The van der Waals surface area contributed by atoms with E-state index in [2.05, 4.69) is 12.2 Å². The number of methoxy groups -OCH3 is 1. The average Bonchev–Trinajstić information content (AvgIpc) is 2.91. The van der Waals surface area contributed by atoms with E-state index < -0.39 is 0 Å². The van der Waals surface area contributed by atoms with Crippen LogP contribution in [0.5, 0.6) is 5.75 Å². The minimum Gasteiger partial charge on any atom is -0.494 e. The number of hydrogen-bond donors (Lipinski definition) is 1. The highest BCUT2D eigenvalue weighted by atomic mass is 19.1. The molecule has 0 fully saturated rings. The zero-order valence-electron chi connectivity index (χ0n) is 12.0. The Morgan fingerprint density at radius 2 is 2.10 bits per heavy atom. The third-order valence-electron chi connectivity index (χ3n) is 3.30. The molecular weight excluding hydrogens is 257 g/mol. The number of hydrogen-bond acceptors (Lipinski definition) is 3. The van der Waals surface area contributed by atoms with Gasteiger partial charge in [-0.2, -0.15) is 0 Å². The van der Waals surface area contributed by atoms with Crippen LogP contribution >= 0.6 is 0 Å². The molecular formula is C16H20FNO2. The van der Waals surface area contributed by atoms with Crippen molar-refractivity contribution in [2.45, 2.75) is 32.4 Å². The van der Waals surface area contributed by atoms with Crippen molar-refractivity contribution in [3.8, 4) is 5.75 Å². The van der Waals surface area contributed by atoms with Gasteiger partial charge in [0.05, 0.1) is 13.4 Å². The predicted molar refractivity (Wildman–Crippen MR) is 76.4 cm³/mol. The van der Waals surface area contributed by atoms with Gasteiger partial charge in [-0.05, 0) is 43.7 Å². The smallest absolute Gasteiger partial charge is 0.165 e. The van der Waals surface area contributed by atoms with Crippen molar-refractivity contribution in [3.05, 3.63) is 53.7 Å². The molecule has 0 aliphatic carbocycles. The summed E-state index contributed by atoms with van der Waals surface area (Å²) in [5.74, 6) is 0.875. The van der Waals surface area contributed by atoms with Gasteiger partial charge in [0, 0.05) is 18.5 Å². The quantitative estimate of drug-likeness (QED) is 0.874. The standard InChI is InChI=1S/C16H20FNO2/c1-11(9-14-5-4-8-20-14)18-12(2)13-6-7-16(19-3)15(17)10-13/h4-8,10-12,18H,9H2,1-3H3. The van der Waals surface area contributed by atoms with Gasteiger partial charge in [0.1, 0.15) is 5.76 Å². The van der Waals surface area contributed by atoms with Crippen LogP contribution in [0.1, 0.15) is 31.2 Å². The van der Waals surface area contributed by atoms with Crippen molar-refractivity contribution in [1.82, 2.24) is 5.32 Å². The minimum atomic E-state index is -0.336. The van der Waals surface area contributed by atoms with Crippen molar-refractivity contribution in [2.75, 3.05) is 7.11 Å². The van der Waals surface area contributed by atoms with Gasteiger partial charge >= 0.3 is 0 Å². The zero-order valence-corrected chi connectivity index (χ0v) is 12.0. The highest BCUT2D eigenvalue weighted by Gasteiger charge is 2.13. The lowest BCUT2D eigenvalue weighted by Gasteiger charge is -2.20. The van der Waals surface area contributed by atoms with Crippen LogP contribution in [0.4, 0.5) is 4.39 Å². The molecule has 108 valence electrons. The molecule has 3 nitrogen and oxygen atoms in total. The van der Waals surface area contributed by atoms with E-state index in [1.807, 2.05) is 25.1 Å². The van der Waals surface area contributed by atoms with Crippen molar-refractivity contribution in [3.63, 3.8) is 0 Å². The average molecular weight is 277 g/mol. The molecule has 0 spiro atoms. The molecule has 0 amide bonds. The molecule has 0 radical (unpaired) electrons. The number of rotatable bonds is 6. The van der Waals surface area contributed by atoms with Crippen molar-refractivity contribution in [1.29, 1.82) is 0 Å². The molecule has 0 saturated heterocycles. The Balaban J connectivity index is 1.97. The monoisotopic (exact) mass is 277 g/mol. The molecule has 2 unspecified atom stereocenters. The summed E-state index contributed by atoms with van der Waals surface area (Å²) in [4.78, 5) is 0. The van der Waals surface area contributed by atoms with Crippen LogP contribution in [0.2, 0.25) is 0 Å². The first-order chi connectivity index (χ1) is 9.60. The fourth-order valence-electron chi connectivity index (χ4n) is 2.26. The molecule has 1 N–H and O–H groups in total. The lowest BCUT2D eigenvalue weighted by atomic mass is 10.1. The van der Waals surface area contributed by atoms with Crippen LogP contribution in [0, 0.1) is 5.82 Å². The summed E-state index contributed by atoms with van der Waals surface area (Å²) >= 11 is 0. The number of halogens is 1. The van der Waals surface area contributed by atoms with Gasteiger partial charge in [-0.25, -0.2) is 4.39 Å². The first-order valence-electron chi connectivity index (χ1n) is 6.72. The molecule has 0 saturated carbocycles. The van der Waals surface area contributed by atoms with Crippen LogP contribution in [-0.4, -0.2) is 13.2 Å². The molecule has 2 rings (SSSR count). The molecule has 0 aliphatic heterocycles. The van der Waals surface area contributed by atoms with Gasteiger partial charge in [0.15, 0.2) is 11.6 Å². The molecule has 0 bridgehead atoms. The fourth-order valence-corrected chi connectivity index (χ4v) is 2.26. The first-order valence-corrected chi connectivity index (χ1v) is 6.72. The molecule has 4 heteroatoms. The lowest BCUT2D eigenvalue weighted by molar-refractivity contribution is 0.384. The Morgan fingerprint density at radius 1 is 1.30 bits per heavy atom. The van der Waals surface area contributed by atoms with Crippen LogP contribution in [0.15, 0.2) is 41.0 Å². The Labute approximate surface area is 118 Å². The van der Waals surface area contributed by atoms with E-state index in [0.29, 0.717) is 0 Å². The number of furan rings is 1. The maximum atomic E-state index is 13.7. The summed E-state index contributed by atoms with van der Waals surface area (Å²) in [5.41, 5.74) is 0.898. The Bertz CT molecular complexity index is 539. The normalized spacial score (nSPS) is 14.0. The van der Waals surface area contributed by atoms with E-state index in [4.69, 9.17) is 9.15 Å². The molecule has 2 aromatic rings. The van der Waals surface area contributed by atoms with E-state index in [9.17, 15) is 4.39 Å². The molecule has 2 atom stereocenters. The van der Waals surface area contributed by atoms with E-state index in [1.165, 1.54) is 13.2 Å². The second-order valence-corrected chi connectivity index (χ2v) is 4.97. The summed E-state index contributed by atoms with van der Waals surface area (Å²) in [6.45, 7) is 4.10. The number of benzene rings is 1. The van der Waals surface area contributed by atoms with Crippen molar-refractivity contribution < 1.29 is 13.5 Å². The Kier molecular flexibility index (Phi) is 4.79. The molecule has 1 aromatic heterocycles. The molecule has 1 aromatic carbocycles. The highest BCUT2D eigenvalue weighted by molar-refractivity contribution is 5.30. The van der Waals surface area contributed by atoms with E-state index in [1.54, 1.807) is 12.3 Å². The summed E-state index contributed by atoms with van der Waals surface area (Å²) in [5, 5.41) is 3.43. The summed E-state index contributed by atoms with van der Waals surface area (Å²) in [7, 11) is 1.46. The van der Waals surface area contributed by atoms with Gasteiger partial charge in [-0.15, -0.1) is 0 Å². The topological polar surface area (TPSA) is 34.4 Å². The largest absolute Gasteiger partial charge is 0.494 e. The van der Waals surface area contributed by atoms with Gasteiger partial charge < -0.3 is 14.5 Å². The van der Waals surface area contributed by atoms with Crippen LogP contribution in [0.25, 0.3) is 0 Å². The summed E-state index contributed by atoms with van der Waals surface area (Å²) in [6, 6.07) is 9.16. The zero-order chi connectivity index (χ0) is 14.5. The maximum absolute atomic E-state index is 13.7. The molecule has 0 aliphatic rings. The highest BCUT2D eigenvalue weighted by Crippen LogP contribution is 2.22. The number of ether oxygens (including phenoxy) is 1. The van der Waals surface area contributed by atoms with Gasteiger partial charge in [-0.3, -0.25) is 0 Å². The Hall–Kier alpha value is -1.81. The van der Waals surface area contributed by atoms with E-state index >= 15 is 0 Å². The van der Waals surface area contributed by atoms with Crippen LogP contribution in [0.3, 0.4) is 0 Å². The van der Waals surface area contributed by atoms with E-state index in [0.717, 1.165) is 17.7 Å². The number of nitrogens with one attached hydrogen (secondary N) is 1. The molecule has 1 heterocycles. The summed E-state index contributed by atoms with van der Waals surface area (Å²) in [6.07, 6.45) is 2.47. The SMILES string of the molecule is COc1ccc(C(C)NC(C)Cc2ccco2)cc1F. The van der Waals surface area contributed by atoms with Gasteiger partial charge in [0.25, 0.3) is 0 Å². The van der Waals surface area contributed by atoms with Crippen LogP contribution in [-0.2, 0) is 6.42 Å². The maximum Gasteiger partial charge on any atom is 0.165 e. The van der Waals surface area contributed by atoms with Crippen molar-refractivity contribution >= 4 is 0 Å². The first kappa shape index (κ1) is 14.6. The van der Waals surface area contributed by atoms with Crippen molar-refractivity contribution in [2.24, 2.45) is 0 Å². The van der Waals surface area contributed by atoms with Crippen LogP contribution < -0.4 is 10.1 Å². The van der Waals surface area contributed by atoms with Gasteiger partial charge in [-0.1, -0.05) is 6.07 Å². The summed E-state index contributed by atoms with van der Waals surface area (Å²) < 4.78 is 23.9. The minimum absolute atomic E-state index is 0.0559. The van der Waals surface area contributed by atoms with E-state index in [-0.39, 0.29) is 23.7 Å². The lowest BCUT2D eigenvalue weighted by Crippen LogP contribution is -2.30. The third-order valence-corrected chi connectivity index (χ3v) is 3.30. The fraction of sp³-hybridized carbons (Fsp3) is 0.375.